The molecule has 118 valence electrons. The fraction of sp³-hybridized carbons (Fsp3) is 0.571. The third kappa shape index (κ3) is 3.53. The molecule has 1 saturated heterocycles. The number of anilines is 1. The lowest BCUT2D eigenvalue weighted by Crippen LogP contribution is -2.37. The highest BCUT2D eigenvalue weighted by Crippen LogP contribution is 2.24. The predicted octanol–water partition coefficient (Wildman–Crippen LogP) is 1.91. The molecule has 1 unspecified atom stereocenters. The Morgan fingerprint density at radius 3 is 2.71 bits per heavy atom. The minimum atomic E-state index is -3.77. The van der Waals surface area contributed by atoms with Gasteiger partial charge >= 0.3 is 0 Å². The maximum absolute atomic E-state index is 13.7. The van der Waals surface area contributed by atoms with Crippen LogP contribution in [0.4, 0.5) is 10.1 Å². The predicted molar refractivity (Wildman–Crippen MR) is 79.0 cm³/mol. The third-order valence-electron chi connectivity index (χ3n) is 3.80. The quantitative estimate of drug-likeness (QED) is 0.861. The molecule has 0 aliphatic carbocycles. The number of hydrogen-bond acceptors (Lipinski definition) is 4. The second-order valence-corrected chi connectivity index (χ2v) is 7.44. The van der Waals surface area contributed by atoms with Gasteiger partial charge in [-0.25, -0.2) is 12.8 Å². The summed E-state index contributed by atoms with van der Waals surface area (Å²) >= 11 is 0. The summed E-state index contributed by atoms with van der Waals surface area (Å²) < 4.78 is 45.4. The molecule has 1 aliphatic heterocycles. The largest absolute Gasteiger partial charge is 0.398 e. The first-order chi connectivity index (χ1) is 9.82. The van der Waals surface area contributed by atoms with E-state index in [4.69, 9.17) is 10.5 Å². The van der Waals surface area contributed by atoms with E-state index in [1.54, 1.807) is 0 Å². The average Bonchev–Trinajstić information content (AvgIpc) is 2.45. The van der Waals surface area contributed by atoms with Gasteiger partial charge in [0.1, 0.15) is 5.82 Å². The minimum Gasteiger partial charge on any atom is -0.398 e. The standard InChI is InChI=1S/C14H21FN2O3S/c1-10-13(15)7-12(8-14(10)16)21(18,19)17(2)9-11-5-3-4-6-20-11/h7-8,11H,3-6,9,16H2,1-2H3. The number of hydrogen-bond donors (Lipinski definition) is 1. The van der Waals surface area contributed by atoms with Crippen LogP contribution in [-0.2, 0) is 14.8 Å². The van der Waals surface area contributed by atoms with Gasteiger partial charge in [-0.05, 0) is 38.3 Å². The lowest BCUT2D eigenvalue weighted by molar-refractivity contribution is 0.00858. The molecule has 2 rings (SSSR count). The van der Waals surface area contributed by atoms with E-state index in [-0.39, 0.29) is 28.8 Å². The molecule has 0 amide bonds. The summed E-state index contributed by atoms with van der Waals surface area (Å²) in [5.41, 5.74) is 6.05. The van der Waals surface area contributed by atoms with Crippen molar-refractivity contribution in [1.29, 1.82) is 0 Å². The maximum atomic E-state index is 13.7. The van der Waals surface area contributed by atoms with E-state index in [9.17, 15) is 12.8 Å². The van der Waals surface area contributed by atoms with E-state index in [1.165, 1.54) is 24.3 Å². The fourth-order valence-electron chi connectivity index (χ4n) is 2.34. The highest BCUT2D eigenvalue weighted by molar-refractivity contribution is 7.89. The molecule has 0 spiro atoms. The van der Waals surface area contributed by atoms with Crippen molar-refractivity contribution in [3.8, 4) is 0 Å². The number of nitrogen functional groups attached to an aromatic ring is 1. The first-order valence-electron chi connectivity index (χ1n) is 6.96. The maximum Gasteiger partial charge on any atom is 0.243 e. The third-order valence-corrected chi connectivity index (χ3v) is 5.60. The molecule has 0 aromatic heterocycles. The number of nitrogens with zero attached hydrogens (tertiary/aromatic N) is 1. The van der Waals surface area contributed by atoms with E-state index < -0.39 is 15.8 Å². The van der Waals surface area contributed by atoms with Crippen LogP contribution in [-0.4, -0.2) is 39.0 Å². The van der Waals surface area contributed by atoms with Gasteiger partial charge in [0.15, 0.2) is 0 Å². The van der Waals surface area contributed by atoms with Gasteiger partial charge in [0.2, 0.25) is 10.0 Å². The molecule has 1 aromatic carbocycles. The van der Waals surface area contributed by atoms with Crippen LogP contribution >= 0.6 is 0 Å². The van der Waals surface area contributed by atoms with Crippen LogP contribution in [0.25, 0.3) is 0 Å². The zero-order chi connectivity index (χ0) is 15.6. The van der Waals surface area contributed by atoms with Gasteiger partial charge in [0.05, 0.1) is 11.0 Å². The second kappa shape index (κ2) is 6.29. The highest BCUT2D eigenvalue weighted by Gasteiger charge is 2.26. The minimum absolute atomic E-state index is 0.105. The molecular formula is C14H21FN2O3S. The lowest BCUT2D eigenvalue weighted by atomic mass is 10.1. The van der Waals surface area contributed by atoms with Crippen molar-refractivity contribution >= 4 is 15.7 Å². The van der Waals surface area contributed by atoms with Crippen LogP contribution < -0.4 is 5.73 Å². The monoisotopic (exact) mass is 316 g/mol. The molecule has 5 nitrogen and oxygen atoms in total. The molecule has 1 fully saturated rings. The molecule has 1 atom stereocenters. The molecular weight excluding hydrogens is 295 g/mol. The Morgan fingerprint density at radius 2 is 2.14 bits per heavy atom. The number of benzene rings is 1. The van der Waals surface area contributed by atoms with Gasteiger partial charge in [-0.1, -0.05) is 0 Å². The Labute approximate surface area is 124 Å². The molecule has 0 radical (unpaired) electrons. The van der Waals surface area contributed by atoms with E-state index in [0.717, 1.165) is 25.3 Å². The number of sulfonamides is 1. The summed E-state index contributed by atoms with van der Waals surface area (Å²) in [4.78, 5) is -0.124. The average molecular weight is 316 g/mol. The first kappa shape index (κ1) is 16.2. The summed E-state index contributed by atoms with van der Waals surface area (Å²) in [6.45, 7) is 2.43. The Hall–Kier alpha value is -1.18. The fourth-order valence-corrected chi connectivity index (χ4v) is 3.59. The van der Waals surface area contributed by atoms with Crippen molar-refractivity contribution < 1.29 is 17.5 Å². The van der Waals surface area contributed by atoms with E-state index in [2.05, 4.69) is 0 Å². The van der Waals surface area contributed by atoms with Crippen molar-refractivity contribution in [2.24, 2.45) is 0 Å². The van der Waals surface area contributed by atoms with Gasteiger partial charge in [-0.3, -0.25) is 0 Å². The summed E-state index contributed by atoms with van der Waals surface area (Å²) in [6, 6.07) is 2.31. The molecule has 0 bridgehead atoms. The normalized spacial score (nSPS) is 19.9. The Balaban J connectivity index is 2.20. The Morgan fingerprint density at radius 1 is 1.43 bits per heavy atom. The number of ether oxygens (including phenoxy) is 1. The number of halogens is 1. The summed E-state index contributed by atoms with van der Waals surface area (Å²) in [7, 11) is -2.29. The molecule has 1 heterocycles. The van der Waals surface area contributed by atoms with Crippen molar-refractivity contribution in [2.45, 2.75) is 37.2 Å². The second-order valence-electron chi connectivity index (χ2n) is 5.39. The van der Waals surface area contributed by atoms with Gasteiger partial charge in [0.25, 0.3) is 0 Å². The summed E-state index contributed by atoms with van der Waals surface area (Å²) in [5, 5.41) is 0. The van der Waals surface area contributed by atoms with Gasteiger partial charge in [-0.15, -0.1) is 0 Å². The SMILES string of the molecule is Cc1c(N)cc(S(=O)(=O)N(C)CC2CCCCO2)cc1F. The van der Waals surface area contributed by atoms with Crippen molar-refractivity contribution in [3.05, 3.63) is 23.5 Å². The van der Waals surface area contributed by atoms with Crippen LogP contribution in [0.5, 0.6) is 0 Å². The summed E-state index contributed by atoms with van der Waals surface area (Å²) in [6.07, 6.45) is 2.77. The number of likely N-dealkylation sites (N-methyl/N-ethyl adjacent to an activating group) is 1. The highest BCUT2D eigenvalue weighted by atomic mass is 32.2. The lowest BCUT2D eigenvalue weighted by Gasteiger charge is -2.27. The zero-order valence-corrected chi connectivity index (χ0v) is 13.1. The summed E-state index contributed by atoms with van der Waals surface area (Å²) in [5.74, 6) is -0.615. The van der Waals surface area contributed by atoms with Crippen molar-refractivity contribution in [1.82, 2.24) is 4.31 Å². The van der Waals surface area contributed by atoms with Gasteiger partial charge in [-0.2, -0.15) is 4.31 Å². The first-order valence-corrected chi connectivity index (χ1v) is 8.40. The van der Waals surface area contributed by atoms with E-state index in [0.29, 0.717) is 6.61 Å². The van der Waals surface area contributed by atoms with Gasteiger partial charge in [0, 0.05) is 31.5 Å². The molecule has 7 heteroatoms. The molecule has 21 heavy (non-hydrogen) atoms. The zero-order valence-electron chi connectivity index (χ0n) is 12.3. The van der Waals surface area contributed by atoms with Crippen LogP contribution in [0.15, 0.2) is 17.0 Å². The van der Waals surface area contributed by atoms with Crippen LogP contribution in [0.1, 0.15) is 24.8 Å². The molecule has 0 saturated carbocycles. The molecule has 2 N–H and O–H groups in total. The number of rotatable bonds is 4. The topological polar surface area (TPSA) is 72.6 Å². The Kier molecular flexibility index (Phi) is 4.85. The van der Waals surface area contributed by atoms with Crippen molar-refractivity contribution in [2.75, 3.05) is 25.9 Å². The Bertz CT molecular complexity index is 590. The van der Waals surface area contributed by atoms with Crippen LogP contribution in [0, 0.1) is 12.7 Å². The molecule has 1 aromatic rings. The molecule has 1 aliphatic rings. The van der Waals surface area contributed by atoms with E-state index >= 15 is 0 Å². The smallest absolute Gasteiger partial charge is 0.243 e. The van der Waals surface area contributed by atoms with Crippen LogP contribution in [0.2, 0.25) is 0 Å². The van der Waals surface area contributed by atoms with E-state index in [1.807, 2.05) is 0 Å². The number of nitrogens with two attached hydrogens (primary N) is 1. The van der Waals surface area contributed by atoms with Crippen molar-refractivity contribution in [3.63, 3.8) is 0 Å². The van der Waals surface area contributed by atoms with Crippen LogP contribution in [0.3, 0.4) is 0 Å². The van der Waals surface area contributed by atoms with Gasteiger partial charge < -0.3 is 10.5 Å².